The van der Waals surface area contributed by atoms with Crippen LogP contribution in [0.3, 0.4) is 0 Å². The average Bonchev–Trinajstić information content (AvgIpc) is 3.02. The molecule has 1 aliphatic rings. The first-order valence-corrected chi connectivity index (χ1v) is 7.29. The van der Waals surface area contributed by atoms with E-state index in [0.29, 0.717) is 17.2 Å². The van der Waals surface area contributed by atoms with Crippen LogP contribution in [0.4, 0.5) is 11.6 Å². The summed E-state index contributed by atoms with van der Waals surface area (Å²) in [5.74, 6) is 0.186. The summed E-state index contributed by atoms with van der Waals surface area (Å²) in [6.07, 6.45) is 0. The van der Waals surface area contributed by atoms with Crippen LogP contribution in [0, 0.1) is 10.1 Å². The van der Waals surface area contributed by atoms with E-state index in [1.807, 2.05) is 0 Å². The summed E-state index contributed by atoms with van der Waals surface area (Å²) in [6.45, 7) is 0.847. The maximum atomic E-state index is 12.3. The summed E-state index contributed by atoms with van der Waals surface area (Å²) in [4.78, 5) is 21.7. The third-order valence-electron chi connectivity index (χ3n) is 3.03. The lowest BCUT2D eigenvalue weighted by Crippen LogP contribution is -2.30. The highest BCUT2D eigenvalue weighted by Crippen LogP contribution is 2.18. The largest absolute Gasteiger partial charge is 0.362 e. The molecule has 110 valence electrons. The van der Waals surface area contributed by atoms with Gasteiger partial charge < -0.3 is 5.32 Å². The number of hydrogen-bond acceptors (Lipinski definition) is 7. The summed E-state index contributed by atoms with van der Waals surface area (Å²) < 4.78 is 26.3. The molecule has 3 rings (SSSR count). The van der Waals surface area contributed by atoms with Crippen molar-refractivity contribution in [3.05, 3.63) is 44.9 Å². The Bertz CT molecular complexity index is 880. The van der Waals surface area contributed by atoms with E-state index >= 15 is 0 Å². The Balaban J connectivity index is 2.09. The van der Waals surface area contributed by atoms with Crippen molar-refractivity contribution in [3.63, 3.8) is 0 Å². The molecule has 0 radical (unpaired) electrons. The van der Waals surface area contributed by atoms with E-state index in [1.54, 1.807) is 0 Å². The van der Waals surface area contributed by atoms with Gasteiger partial charge in [0.05, 0.1) is 9.82 Å². The molecular formula is C10H9N5O5S. The number of anilines is 1. The molecule has 0 saturated heterocycles. The zero-order valence-electron chi connectivity index (χ0n) is 10.5. The molecule has 11 heteroatoms. The molecule has 0 amide bonds. The number of nitrogens with one attached hydrogen (secondary N) is 1. The predicted octanol–water partition coefficient (Wildman–Crippen LogP) is -0.385. The molecule has 1 aromatic heterocycles. The highest BCUT2D eigenvalue weighted by atomic mass is 32.2. The van der Waals surface area contributed by atoms with Crippen LogP contribution >= 0.6 is 0 Å². The number of non-ortho nitro benzene ring substituents is 1. The molecular weight excluding hydrogens is 302 g/mol. The minimum atomic E-state index is -4.18. The highest BCUT2D eigenvalue weighted by Gasteiger charge is 2.27. The molecule has 0 spiro atoms. The first-order valence-electron chi connectivity index (χ1n) is 5.85. The van der Waals surface area contributed by atoms with Crippen molar-refractivity contribution < 1.29 is 13.3 Å². The van der Waals surface area contributed by atoms with Gasteiger partial charge in [-0.05, 0) is 12.1 Å². The summed E-state index contributed by atoms with van der Waals surface area (Å²) in [7, 11) is -4.18. The van der Waals surface area contributed by atoms with Crippen molar-refractivity contribution in [1.29, 1.82) is 0 Å². The minimum Gasteiger partial charge on any atom is -0.352 e. The SMILES string of the molecule is O=c1n(S(=O)(=O)c2ccc([N+](=O)[O-])cc2)nc2n1CCN2. The number of nitro groups is 1. The number of hydrogen-bond donors (Lipinski definition) is 1. The van der Waals surface area contributed by atoms with Crippen LogP contribution in [0.5, 0.6) is 0 Å². The third kappa shape index (κ3) is 1.98. The Morgan fingerprint density at radius 3 is 2.52 bits per heavy atom. The monoisotopic (exact) mass is 311 g/mol. The highest BCUT2D eigenvalue weighted by molar-refractivity contribution is 7.89. The zero-order chi connectivity index (χ0) is 15.2. The molecule has 2 heterocycles. The lowest BCUT2D eigenvalue weighted by molar-refractivity contribution is -0.384. The second kappa shape index (κ2) is 4.41. The molecule has 0 aliphatic carbocycles. The molecule has 2 aromatic rings. The Labute approximate surface area is 117 Å². The van der Waals surface area contributed by atoms with Crippen molar-refractivity contribution in [2.45, 2.75) is 11.4 Å². The third-order valence-corrected chi connectivity index (χ3v) is 4.59. The summed E-state index contributed by atoms with van der Waals surface area (Å²) in [5.41, 5.74) is -1.01. The molecule has 10 nitrogen and oxygen atoms in total. The van der Waals surface area contributed by atoms with E-state index in [2.05, 4.69) is 10.4 Å². The van der Waals surface area contributed by atoms with Crippen molar-refractivity contribution in [2.75, 3.05) is 11.9 Å². The van der Waals surface area contributed by atoms with Crippen LogP contribution in [-0.4, -0.2) is 33.6 Å². The smallest absolute Gasteiger partial charge is 0.352 e. The van der Waals surface area contributed by atoms with Gasteiger partial charge in [-0.15, -0.1) is 5.10 Å². The Hall–Kier alpha value is -2.69. The second-order valence-corrected chi connectivity index (χ2v) is 6.05. The van der Waals surface area contributed by atoms with Gasteiger partial charge in [-0.2, -0.15) is 8.42 Å². The molecule has 21 heavy (non-hydrogen) atoms. The summed E-state index contributed by atoms with van der Waals surface area (Å²) >= 11 is 0. The van der Waals surface area contributed by atoms with Gasteiger partial charge in [-0.25, -0.2) is 4.79 Å². The molecule has 1 aromatic carbocycles. The molecule has 0 saturated carbocycles. The van der Waals surface area contributed by atoms with Gasteiger partial charge in [0.15, 0.2) is 0 Å². The fraction of sp³-hybridized carbons (Fsp3) is 0.200. The summed E-state index contributed by atoms with van der Waals surface area (Å²) in [5, 5.41) is 17.1. The molecule has 0 atom stereocenters. The van der Waals surface area contributed by atoms with Crippen molar-refractivity contribution in [3.8, 4) is 0 Å². The van der Waals surface area contributed by atoms with Crippen molar-refractivity contribution in [2.24, 2.45) is 0 Å². The van der Waals surface area contributed by atoms with Gasteiger partial charge in [0.2, 0.25) is 5.95 Å². The fourth-order valence-corrected chi connectivity index (χ4v) is 3.15. The van der Waals surface area contributed by atoms with Crippen LogP contribution in [0.1, 0.15) is 0 Å². The number of benzene rings is 1. The van der Waals surface area contributed by atoms with E-state index in [0.717, 1.165) is 24.3 Å². The first-order chi connectivity index (χ1) is 9.91. The lowest BCUT2D eigenvalue weighted by atomic mass is 10.3. The molecule has 0 unspecified atom stereocenters. The number of aromatic nitrogens is 3. The molecule has 0 bridgehead atoms. The van der Waals surface area contributed by atoms with Crippen LogP contribution in [0.2, 0.25) is 0 Å². The van der Waals surface area contributed by atoms with Gasteiger partial charge in [-0.1, -0.05) is 4.09 Å². The summed E-state index contributed by atoms with van der Waals surface area (Å²) in [6, 6.07) is 4.25. The molecule has 1 aliphatic heterocycles. The first kappa shape index (κ1) is 13.3. The predicted molar refractivity (Wildman–Crippen MR) is 70.7 cm³/mol. The number of nitro benzene ring substituents is 1. The van der Waals surface area contributed by atoms with Crippen LogP contribution < -0.4 is 11.0 Å². The van der Waals surface area contributed by atoms with E-state index in [9.17, 15) is 23.3 Å². The zero-order valence-corrected chi connectivity index (χ0v) is 11.3. The van der Waals surface area contributed by atoms with Crippen molar-refractivity contribution >= 4 is 21.7 Å². The van der Waals surface area contributed by atoms with Gasteiger partial charge in [0.1, 0.15) is 0 Å². The fourth-order valence-electron chi connectivity index (χ4n) is 1.98. The van der Waals surface area contributed by atoms with E-state index in [-0.39, 0.29) is 16.5 Å². The molecule has 0 fully saturated rings. The minimum absolute atomic E-state index is 0.186. The second-order valence-electron chi connectivity index (χ2n) is 4.28. The number of nitrogens with zero attached hydrogens (tertiary/aromatic N) is 4. The maximum absolute atomic E-state index is 12.3. The van der Waals surface area contributed by atoms with Gasteiger partial charge in [0, 0.05) is 25.2 Å². The number of rotatable bonds is 3. The van der Waals surface area contributed by atoms with Gasteiger partial charge >= 0.3 is 5.69 Å². The maximum Gasteiger partial charge on any atom is 0.362 e. The topological polar surface area (TPSA) is 129 Å². The van der Waals surface area contributed by atoms with Gasteiger partial charge in [0.25, 0.3) is 15.7 Å². The van der Waals surface area contributed by atoms with Gasteiger partial charge in [-0.3, -0.25) is 14.7 Å². The van der Waals surface area contributed by atoms with Crippen LogP contribution in [0.25, 0.3) is 0 Å². The Morgan fingerprint density at radius 2 is 1.95 bits per heavy atom. The van der Waals surface area contributed by atoms with E-state index in [4.69, 9.17) is 0 Å². The quantitative estimate of drug-likeness (QED) is 0.604. The normalized spacial score (nSPS) is 13.7. The Kier molecular flexibility index (Phi) is 2.79. The van der Waals surface area contributed by atoms with Crippen LogP contribution in [-0.2, 0) is 16.6 Å². The van der Waals surface area contributed by atoms with E-state index in [1.165, 1.54) is 4.57 Å². The Morgan fingerprint density at radius 1 is 1.29 bits per heavy atom. The molecule has 1 N–H and O–H groups in total. The van der Waals surface area contributed by atoms with Crippen molar-refractivity contribution in [1.82, 2.24) is 13.8 Å². The van der Waals surface area contributed by atoms with Crippen LogP contribution in [0.15, 0.2) is 34.0 Å². The lowest BCUT2D eigenvalue weighted by Gasteiger charge is -2.02. The number of fused-ring (bicyclic) bond motifs is 1. The standard InChI is InChI=1S/C10H9N5O5S/c16-10-13-6-5-11-9(13)12-14(10)21(19,20)8-3-1-7(2-4-8)15(17)18/h1-4H,5-6H2,(H,11,12). The average molecular weight is 311 g/mol. The van der Waals surface area contributed by atoms with E-state index < -0.39 is 20.6 Å².